The number of hydrogen-bond acceptors (Lipinski definition) is 5. The minimum atomic E-state index is -0.542. The van der Waals surface area contributed by atoms with Gasteiger partial charge in [0, 0.05) is 13.1 Å². The molecule has 0 bridgehead atoms. The van der Waals surface area contributed by atoms with E-state index >= 15 is 0 Å². The van der Waals surface area contributed by atoms with Crippen molar-refractivity contribution >= 4 is 27.5 Å². The highest BCUT2D eigenvalue weighted by Gasteiger charge is 2.22. The first-order valence-electron chi connectivity index (χ1n) is 5.96. The molecule has 2 aromatic rings. The molecule has 0 saturated carbocycles. The van der Waals surface area contributed by atoms with Gasteiger partial charge in [0.25, 0.3) is 11.6 Å². The number of aromatic amines is 1. The Balaban J connectivity index is 2.23. The van der Waals surface area contributed by atoms with Crippen molar-refractivity contribution in [2.45, 2.75) is 13.5 Å². The molecule has 0 spiro atoms. The summed E-state index contributed by atoms with van der Waals surface area (Å²) in [7, 11) is 1.58. The lowest BCUT2D eigenvalue weighted by molar-refractivity contribution is -0.385. The Morgan fingerprint density at radius 1 is 1.52 bits per heavy atom. The van der Waals surface area contributed by atoms with Crippen molar-refractivity contribution in [1.29, 1.82) is 0 Å². The molecule has 9 heteroatoms. The van der Waals surface area contributed by atoms with E-state index in [1.165, 1.54) is 23.1 Å². The topological polar surface area (TPSA) is 105 Å². The Hall–Kier alpha value is -2.29. The highest BCUT2D eigenvalue weighted by atomic mass is 79.9. The maximum absolute atomic E-state index is 12.4. The Bertz CT molecular complexity index is 700. The van der Waals surface area contributed by atoms with E-state index in [0.717, 1.165) is 0 Å². The Kier molecular flexibility index (Phi) is 4.32. The Morgan fingerprint density at radius 3 is 2.81 bits per heavy atom. The first-order chi connectivity index (χ1) is 9.90. The number of nitro groups is 1. The van der Waals surface area contributed by atoms with Crippen LogP contribution in [0.4, 0.5) is 5.69 Å². The average Bonchev–Trinajstić information content (AvgIpc) is 2.83. The fourth-order valence-corrected chi connectivity index (χ4v) is 2.35. The minimum absolute atomic E-state index is 0.150. The van der Waals surface area contributed by atoms with Crippen molar-refractivity contribution in [3.63, 3.8) is 0 Å². The van der Waals surface area contributed by atoms with E-state index in [1.807, 2.05) is 0 Å². The van der Waals surface area contributed by atoms with Gasteiger partial charge in [-0.05, 0) is 28.9 Å². The lowest BCUT2D eigenvalue weighted by atomic mass is 10.2. The highest BCUT2D eigenvalue weighted by Crippen LogP contribution is 2.29. The zero-order valence-electron chi connectivity index (χ0n) is 11.3. The van der Waals surface area contributed by atoms with Crippen LogP contribution in [0.25, 0.3) is 0 Å². The quantitative estimate of drug-likeness (QED) is 0.668. The van der Waals surface area contributed by atoms with Crippen LogP contribution in [0, 0.1) is 17.0 Å². The number of rotatable bonds is 4. The van der Waals surface area contributed by atoms with Crippen molar-refractivity contribution in [1.82, 2.24) is 20.1 Å². The summed E-state index contributed by atoms with van der Waals surface area (Å²) in [5.41, 5.74) is 0.0712. The number of hydrogen-bond donors (Lipinski definition) is 1. The van der Waals surface area contributed by atoms with Gasteiger partial charge in [-0.25, -0.2) is 4.98 Å². The summed E-state index contributed by atoms with van der Waals surface area (Å²) in [6.07, 6.45) is 0. The predicted octanol–water partition coefficient (Wildman–Crippen LogP) is 2.06. The second kappa shape index (κ2) is 6.00. The summed E-state index contributed by atoms with van der Waals surface area (Å²) < 4.78 is 0.165. The summed E-state index contributed by atoms with van der Waals surface area (Å²) in [6, 6.07) is 4.33. The molecule has 0 unspecified atom stereocenters. The van der Waals surface area contributed by atoms with Gasteiger partial charge in [-0.15, -0.1) is 0 Å². The van der Waals surface area contributed by atoms with Crippen LogP contribution in [0.15, 0.2) is 22.7 Å². The van der Waals surface area contributed by atoms with Gasteiger partial charge in [0.15, 0.2) is 5.82 Å². The van der Waals surface area contributed by atoms with Gasteiger partial charge in [-0.1, -0.05) is 6.07 Å². The molecule has 110 valence electrons. The van der Waals surface area contributed by atoms with Crippen molar-refractivity contribution in [2.24, 2.45) is 0 Å². The molecular formula is C12H12BrN5O3. The molecule has 8 nitrogen and oxygen atoms in total. The maximum Gasteiger partial charge on any atom is 0.284 e. The molecule has 0 saturated heterocycles. The number of carbonyl (C=O) groups excluding carboxylic acids is 1. The number of amides is 1. The van der Waals surface area contributed by atoms with Crippen molar-refractivity contribution in [3.05, 3.63) is 50.0 Å². The van der Waals surface area contributed by atoms with Gasteiger partial charge in [-0.2, -0.15) is 5.10 Å². The lowest BCUT2D eigenvalue weighted by Gasteiger charge is -2.16. The van der Waals surface area contributed by atoms with Crippen LogP contribution in [-0.2, 0) is 6.54 Å². The molecule has 0 fully saturated rings. The molecule has 0 aliphatic rings. The van der Waals surface area contributed by atoms with E-state index in [2.05, 4.69) is 31.1 Å². The third-order valence-electron chi connectivity index (χ3n) is 2.77. The summed E-state index contributed by atoms with van der Waals surface area (Å²) in [5, 5.41) is 17.5. The first kappa shape index (κ1) is 15.1. The van der Waals surface area contributed by atoms with Crippen molar-refractivity contribution in [2.75, 3.05) is 7.05 Å². The molecule has 0 atom stereocenters. The molecule has 1 N–H and O–H groups in total. The summed E-state index contributed by atoms with van der Waals surface area (Å²) in [4.78, 5) is 28.2. The van der Waals surface area contributed by atoms with E-state index < -0.39 is 4.92 Å². The summed E-state index contributed by atoms with van der Waals surface area (Å²) >= 11 is 3.11. The smallest absolute Gasteiger partial charge is 0.284 e. The van der Waals surface area contributed by atoms with E-state index in [4.69, 9.17) is 0 Å². The number of aromatic nitrogens is 3. The molecule has 21 heavy (non-hydrogen) atoms. The van der Waals surface area contributed by atoms with Gasteiger partial charge < -0.3 is 4.90 Å². The van der Waals surface area contributed by atoms with E-state index in [1.54, 1.807) is 14.0 Å². The van der Waals surface area contributed by atoms with Crippen LogP contribution >= 0.6 is 15.9 Å². The Labute approximate surface area is 128 Å². The van der Waals surface area contributed by atoms with Gasteiger partial charge >= 0.3 is 0 Å². The van der Waals surface area contributed by atoms with E-state index in [9.17, 15) is 14.9 Å². The van der Waals surface area contributed by atoms with Crippen LogP contribution in [0.5, 0.6) is 0 Å². The lowest BCUT2D eigenvalue weighted by Crippen LogP contribution is -2.27. The second-order valence-electron chi connectivity index (χ2n) is 4.39. The fraction of sp³-hybridized carbons (Fsp3) is 0.250. The van der Waals surface area contributed by atoms with Crippen LogP contribution in [0.1, 0.15) is 22.0 Å². The second-order valence-corrected chi connectivity index (χ2v) is 5.19. The number of nitrogens with zero attached hydrogens (tertiary/aromatic N) is 4. The molecule has 1 aromatic carbocycles. The molecule has 1 heterocycles. The number of benzene rings is 1. The van der Waals surface area contributed by atoms with Crippen molar-refractivity contribution in [3.8, 4) is 0 Å². The zero-order chi connectivity index (χ0) is 15.6. The van der Waals surface area contributed by atoms with Gasteiger partial charge in [0.1, 0.15) is 10.3 Å². The number of nitrogens with one attached hydrogen (secondary N) is 1. The van der Waals surface area contributed by atoms with Gasteiger partial charge in [0.2, 0.25) is 0 Å². The molecule has 0 radical (unpaired) electrons. The maximum atomic E-state index is 12.4. The number of carbonyl (C=O) groups is 1. The fourth-order valence-electron chi connectivity index (χ4n) is 1.78. The van der Waals surface area contributed by atoms with Gasteiger partial charge in [0.05, 0.1) is 17.0 Å². The van der Waals surface area contributed by atoms with Crippen LogP contribution in [0.2, 0.25) is 0 Å². The van der Waals surface area contributed by atoms with E-state index in [-0.39, 0.29) is 28.2 Å². The SMILES string of the molecule is Cc1nc(CN(C)C(=O)c2cccc([N+](=O)[O-])c2Br)n[nH]1. The Morgan fingerprint density at radius 2 is 2.24 bits per heavy atom. The minimum Gasteiger partial charge on any atom is -0.334 e. The van der Waals surface area contributed by atoms with E-state index in [0.29, 0.717) is 11.6 Å². The molecular weight excluding hydrogens is 342 g/mol. The standard InChI is InChI=1S/C12H12BrN5O3/c1-7-14-10(16-15-7)6-17(2)12(19)8-4-3-5-9(11(8)13)18(20)21/h3-5H,6H2,1-2H3,(H,14,15,16). The highest BCUT2D eigenvalue weighted by molar-refractivity contribution is 9.10. The van der Waals surface area contributed by atoms with Crippen molar-refractivity contribution < 1.29 is 9.72 Å². The average molecular weight is 354 g/mol. The number of aryl methyl sites for hydroxylation is 1. The molecule has 2 rings (SSSR count). The molecule has 1 aromatic heterocycles. The number of halogens is 1. The van der Waals surface area contributed by atoms with Crippen LogP contribution < -0.4 is 0 Å². The summed E-state index contributed by atoms with van der Waals surface area (Å²) in [5.74, 6) is 0.778. The largest absolute Gasteiger partial charge is 0.334 e. The zero-order valence-corrected chi connectivity index (χ0v) is 12.9. The molecule has 1 amide bonds. The monoisotopic (exact) mass is 353 g/mol. The normalized spacial score (nSPS) is 10.4. The predicted molar refractivity (Wildman–Crippen MR) is 77.7 cm³/mol. The van der Waals surface area contributed by atoms with Crippen LogP contribution in [0.3, 0.4) is 0 Å². The number of H-pyrrole nitrogens is 1. The number of nitro benzene ring substituents is 1. The molecule has 0 aliphatic heterocycles. The van der Waals surface area contributed by atoms with Crippen LogP contribution in [-0.4, -0.2) is 38.0 Å². The third kappa shape index (κ3) is 3.24. The molecule has 0 aliphatic carbocycles. The third-order valence-corrected chi connectivity index (χ3v) is 3.61. The first-order valence-corrected chi connectivity index (χ1v) is 6.75. The van der Waals surface area contributed by atoms with Gasteiger partial charge in [-0.3, -0.25) is 20.0 Å². The summed E-state index contributed by atoms with van der Waals surface area (Å²) in [6.45, 7) is 1.97.